The summed E-state index contributed by atoms with van der Waals surface area (Å²) in [5, 5.41) is 7.24. The molecule has 0 amide bonds. The van der Waals surface area contributed by atoms with Crippen LogP contribution in [0.25, 0.3) is 0 Å². The average Bonchev–Trinajstić information content (AvgIpc) is 2.82. The fourth-order valence-corrected chi connectivity index (χ4v) is 1.79. The van der Waals surface area contributed by atoms with E-state index in [-0.39, 0.29) is 5.92 Å². The Hall–Kier alpha value is -0.940. The lowest BCUT2D eigenvalue weighted by molar-refractivity contribution is 0.184. The fourth-order valence-electron chi connectivity index (χ4n) is 1.79. The number of aromatic nitrogens is 2. The molecule has 0 radical (unpaired) electrons. The lowest BCUT2D eigenvalue weighted by atomic mass is 10.0. The van der Waals surface area contributed by atoms with E-state index in [4.69, 9.17) is 9.26 Å². The third-order valence-electron chi connectivity index (χ3n) is 2.60. The van der Waals surface area contributed by atoms with Gasteiger partial charge < -0.3 is 14.6 Å². The first-order valence-corrected chi connectivity index (χ1v) is 5.42. The summed E-state index contributed by atoms with van der Waals surface area (Å²) in [4.78, 5) is 4.25. The van der Waals surface area contributed by atoms with Crippen molar-refractivity contribution in [3.8, 4) is 0 Å². The van der Waals surface area contributed by atoms with Crippen LogP contribution in [-0.2, 0) is 4.74 Å². The Kier molecular flexibility index (Phi) is 3.33. The fraction of sp³-hybridized carbons (Fsp3) is 0.800. The molecule has 2 atom stereocenters. The summed E-state index contributed by atoms with van der Waals surface area (Å²) in [6, 6.07) is 0.310. The molecular weight excluding hydrogens is 194 g/mol. The molecule has 2 unspecified atom stereocenters. The first-order valence-electron chi connectivity index (χ1n) is 5.42. The van der Waals surface area contributed by atoms with Crippen LogP contribution in [0.2, 0.25) is 0 Å². The van der Waals surface area contributed by atoms with Crippen LogP contribution in [0.5, 0.6) is 0 Å². The highest BCUT2D eigenvalue weighted by molar-refractivity contribution is 5.01. The number of ether oxygens (including phenoxy) is 1. The highest BCUT2D eigenvalue weighted by Crippen LogP contribution is 2.24. The van der Waals surface area contributed by atoms with Crippen molar-refractivity contribution in [2.75, 3.05) is 19.8 Å². The lowest BCUT2D eigenvalue weighted by Gasteiger charge is -2.14. The monoisotopic (exact) mass is 211 g/mol. The lowest BCUT2D eigenvalue weighted by Crippen LogP contribution is -2.34. The number of nitrogens with zero attached hydrogens (tertiary/aromatic N) is 2. The molecule has 2 heterocycles. The van der Waals surface area contributed by atoms with Gasteiger partial charge in [-0.2, -0.15) is 4.98 Å². The van der Waals surface area contributed by atoms with Crippen molar-refractivity contribution in [1.29, 1.82) is 0 Å². The van der Waals surface area contributed by atoms with E-state index in [9.17, 15) is 0 Å². The quantitative estimate of drug-likeness (QED) is 0.800. The molecule has 5 heteroatoms. The first kappa shape index (κ1) is 10.6. The molecule has 1 aromatic heterocycles. The molecule has 0 aliphatic carbocycles. The van der Waals surface area contributed by atoms with Crippen LogP contribution in [0, 0.1) is 6.92 Å². The van der Waals surface area contributed by atoms with E-state index in [0.29, 0.717) is 24.4 Å². The molecule has 1 aliphatic rings. The number of hydrogen-bond acceptors (Lipinski definition) is 5. The Labute approximate surface area is 89.2 Å². The van der Waals surface area contributed by atoms with Crippen molar-refractivity contribution < 1.29 is 9.26 Å². The van der Waals surface area contributed by atoms with Crippen LogP contribution in [0.4, 0.5) is 0 Å². The zero-order chi connectivity index (χ0) is 10.7. The topological polar surface area (TPSA) is 60.2 Å². The van der Waals surface area contributed by atoms with Crippen LogP contribution in [0.15, 0.2) is 4.52 Å². The smallest absolute Gasteiger partial charge is 0.233 e. The van der Waals surface area contributed by atoms with E-state index in [1.54, 1.807) is 0 Å². The summed E-state index contributed by atoms with van der Waals surface area (Å²) in [5.41, 5.74) is 0. The zero-order valence-electron chi connectivity index (χ0n) is 9.19. The van der Waals surface area contributed by atoms with Crippen molar-refractivity contribution in [3.05, 3.63) is 11.7 Å². The van der Waals surface area contributed by atoms with E-state index in [0.717, 1.165) is 19.6 Å². The van der Waals surface area contributed by atoms with E-state index >= 15 is 0 Å². The minimum atomic E-state index is 0.206. The van der Waals surface area contributed by atoms with Gasteiger partial charge in [-0.1, -0.05) is 12.1 Å². The van der Waals surface area contributed by atoms with E-state index < -0.39 is 0 Å². The van der Waals surface area contributed by atoms with Gasteiger partial charge in [0.1, 0.15) is 0 Å². The zero-order valence-corrected chi connectivity index (χ0v) is 9.19. The summed E-state index contributed by atoms with van der Waals surface area (Å²) < 4.78 is 10.6. The van der Waals surface area contributed by atoms with Crippen LogP contribution in [0.1, 0.15) is 31.0 Å². The molecule has 1 aromatic rings. The Morgan fingerprint density at radius 2 is 2.33 bits per heavy atom. The van der Waals surface area contributed by atoms with Gasteiger partial charge >= 0.3 is 0 Å². The number of rotatable bonds is 4. The highest BCUT2D eigenvalue weighted by Gasteiger charge is 2.33. The van der Waals surface area contributed by atoms with Gasteiger partial charge in [0.05, 0.1) is 19.1 Å². The SMILES string of the molecule is CCCNC1COCC1c1nc(C)no1. The van der Waals surface area contributed by atoms with Crippen LogP contribution >= 0.6 is 0 Å². The maximum atomic E-state index is 5.44. The molecule has 0 saturated carbocycles. The van der Waals surface area contributed by atoms with Gasteiger partial charge in [-0.25, -0.2) is 0 Å². The minimum absolute atomic E-state index is 0.206. The van der Waals surface area contributed by atoms with Crippen LogP contribution < -0.4 is 5.32 Å². The first-order chi connectivity index (χ1) is 7.31. The second-order valence-electron chi connectivity index (χ2n) is 3.88. The molecule has 2 rings (SSSR count). The molecule has 0 bridgehead atoms. The maximum absolute atomic E-state index is 5.44. The van der Waals surface area contributed by atoms with Crippen molar-refractivity contribution >= 4 is 0 Å². The molecular formula is C10H17N3O2. The predicted molar refractivity (Wildman–Crippen MR) is 54.7 cm³/mol. The number of nitrogens with one attached hydrogen (secondary N) is 1. The van der Waals surface area contributed by atoms with Gasteiger partial charge in [0.15, 0.2) is 5.82 Å². The molecule has 15 heavy (non-hydrogen) atoms. The van der Waals surface area contributed by atoms with E-state index in [2.05, 4.69) is 22.4 Å². The third-order valence-corrected chi connectivity index (χ3v) is 2.60. The second-order valence-corrected chi connectivity index (χ2v) is 3.88. The minimum Gasteiger partial charge on any atom is -0.379 e. The predicted octanol–water partition coefficient (Wildman–Crippen LogP) is 0.860. The number of hydrogen-bond donors (Lipinski definition) is 1. The molecule has 0 aromatic carbocycles. The van der Waals surface area contributed by atoms with Gasteiger partial charge in [-0.3, -0.25) is 0 Å². The van der Waals surface area contributed by atoms with Crippen molar-refractivity contribution in [2.45, 2.75) is 32.2 Å². The molecule has 5 nitrogen and oxygen atoms in total. The molecule has 1 fully saturated rings. The Morgan fingerprint density at radius 1 is 1.47 bits per heavy atom. The van der Waals surface area contributed by atoms with Gasteiger partial charge in [0, 0.05) is 6.04 Å². The highest BCUT2D eigenvalue weighted by atomic mass is 16.5. The Balaban J connectivity index is 2.01. The Morgan fingerprint density at radius 3 is 3.00 bits per heavy atom. The third kappa shape index (κ3) is 2.35. The number of aryl methyl sites for hydroxylation is 1. The van der Waals surface area contributed by atoms with Crippen LogP contribution in [-0.4, -0.2) is 35.9 Å². The second kappa shape index (κ2) is 4.72. The van der Waals surface area contributed by atoms with Gasteiger partial charge in [-0.05, 0) is 19.9 Å². The summed E-state index contributed by atoms with van der Waals surface area (Å²) in [7, 11) is 0. The van der Waals surface area contributed by atoms with Crippen LogP contribution in [0.3, 0.4) is 0 Å². The Bertz CT molecular complexity index is 313. The largest absolute Gasteiger partial charge is 0.379 e. The molecule has 1 aliphatic heterocycles. The summed E-state index contributed by atoms with van der Waals surface area (Å²) >= 11 is 0. The van der Waals surface area contributed by atoms with E-state index in [1.807, 2.05) is 6.92 Å². The van der Waals surface area contributed by atoms with Gasteiger partial charge in [0.25, 0.3) is 0 Å². The average molecular weight is 211 g/mol. The summed E-state index contributed by atoms with van der Waals surface area (Å²) in [6.45, 7) is 6.37. The van der Waals surface area contributed by atoms with E-state index in [1.165, 1.54) is 0 Å². The van der Waals surface area contributed by atoms with Crippen molar-refractivity contribution in [2.24, 2.45) is 0 Å². The molecule has 1 N–H and O–H groups in total. The summed E-state index contributed by atoms with van der Waals surface area (Å²) in [5.74, 6) is 1.59. The molecule has 0 spiro atoms. The standard InChI is InChI=1S/C10H17N3O2/c1-3-4-11-9-6-14-5-8(9)10-12-7(2)13-15-10/h8-9,11H,3-6H2,1-2H3. The van der Waals surface area contributed by atoms with Crippen molar-refractivity contribution in [3.63, 3.8) is 0 Å². The van der Waals surface area contributed by atoms with Crippen molar-refractivity contribution in [1.82, 2.24) is 15.5 Å². The molecule has 84 valence electrons. The van der Waals surface area contributed by atoms with Gasteiger partial charge in [0.2, 0.25) is 5.89 Å². The normalized spacial score (nSPS) is 26.0. The van der Waals surface area contributed by atoms with Gasteiger partial charge in [-0.15, -0.1) is 0 Å². The summed E-state index contributed by atoms with van der Waals surface area (Å²) in [6.07, 6.45) is 1.12. The maximum Gasteiger partial charge on any atom is 0.233 e. The molecule has 1 saturated heterocycles.